The van der Waals surface area contributed by atoms with Gasteiger partial charge in [0.25, 0.3) is 0 Å². The number of aliphatic hydroxyl groups is 2. The third kappa shape index (κ3) is 6.03. The van der Waals surface area contributed by atoms with E-state index in [0.717, 1.165) is 25.0 Å². The Balaban J connectivity index is 1.86. The molecule has 2 N–H and O–H groups in total. The number of alkyl halides is 3. The summed E-state index contributed by atoms with van der Waals surface area (Å²) in [4.78, 5) is -0.159. The maximum atomic E-state index is 13.2. The first-order valence-electron chi connectivity index (χ1n) is 11.0. The Morgan fingerprint density at radius 3 is 2.56 bits per heavy atom. The normalized spacial score (nSPS) is 21.0. The molecule has 0 aromatic heterocycles. The molecule has 1 heterocycles. The average Bonchev–Trinajstić information content (AvgIpc) is 3.20. The van der Waals surface area contributed by atoms with Crippen LogP contribution in [0, 0.1) is 22.7 Å². The molecule has 0 aliphatic carbocycles. The lowest BCUT2D eigenvalue weighted by Crippen LogP contribution is -2.48. The van der Waals surface area contributed by atoms with Crippen molar-refractivity contribution in [3.8, 4) is 23.6 Å². The minimum atomic E-state index is -4.67. The summed E-state index contributed by atoms with van der Waals surface area (Å²) in [7, 11) is 0. The molecule has 2 aromatic carbocycles. The zero-order chi connectivity index (χ0) is 26.5. The summed E-state index contributed by atoms with van der Waals surface area (Å²) in [5, 5.41) is 39.4. The molecule has 1 saturated heterocycles. The van der Waals surface area contributed by atoms with Crippen LogP contribution in [0.2, 0.25) is 0 Å². The van der Waals surface area contributed by atoms with E-state index in [9.17, 15) is 38.5 Å². The minimum absolute atomic E-state index is 0.159. The van der Waals surface area contributed by atoms with Gasteiger partial charge in [-0.05, 0) is 36.8 Å². The Morgan fingerprint density at radius 1 is 1.19 bits per heavy atom. The number of nitrogens with zero attached hydrogens (tertiary/aromatic N) is 3. The highest BCUT2D eigenvalue weighted by atomic mass is 32.2. The Bertz CT molecular complexity index is 1170. The van der Waals surface area contributed by atoms with E-state index in [2.05, 4.69) is 0 Å². The van der Waals surface area contributed by atoms with Gasteiger partial charge in [0, 0.05) is 6.07 Å². The first-order valence-corrected chi connectivity index (χ1v) is 12.1. The van der Waals surface area contributed by atoms with Crippen molar-refractivity contribution in [2.24, 2.45) is 0 Å². The molecule has 1 aliphatic heterocycles. The fourth-order valence-electron chi connectivity index (χ4n) is 3.60. The Morgan fingerprint density at radius 2 is 1.94 bits per heavy atom. The maximum Gasteiger partial charge on any atom is 0.416 e. The summed E-state index contributed by atoms with van der Waals surface area (Å²) in [6, 6.07) is 10.4. The molecule has 3 atom stereocenters. The molecule has 0 saturated carbocycles. The second-order valence-corrected chi connectivity index (χ2v) is 9.69. The molecule has 1 aliphatic rings. The zero-order valence-corrected chi connectivity index (χ0v) is 20.1. The predicted molar refractivity (Wildman–Crippen MR) is 122 cm³/mol. The number of hydrogen-bond donors (Lipinski definition) is 2. The third-order valence-corrected chi connectivity index (χ3v) is 7.12. The molecule has 0 radical (unpaired) electrons. The molecule has 12 heteroatoms. The van der Waals surface area contributed by atoms with Gasteiger partial charge in [0.05, 0.1) is 54.9 Å². The molecule has 0 amide bonds. The van der Waals surface area contributed by atoms with Crippen molar-refractivity contribution in [3.05, 3.63) is 53.1 Å². The fraction of sp³-hybridized carbons (Fsp3) is 0.417. The second kappa shape index (κ2) is 11.4. The van der Waals surface area contributed by atoms with Crippen molar-refractivity contribution in [1.29, 1.82) is 10.5 Å². The number of β-amino-alcohol motifs (C(OH)–C–C–N with tert-alkyl or cyclic N) is 1. The highest BCUT2D eigenvalue weighted by Gasteiger charge is 2.52. The largest absolute Gasteiger partial charge is 0.593 e. The Kier molecular flexibility index (Phi) is 8.71. The van der Waals surface area contributed by atoms with Crippen molar-refractivity contribution < 1.29 is 37.4 Å². The minimum Gasteiger partial charge on any atom is -0.593 e. The van der Waals surface area contributed by atoms with Crippen LogP contribution in [0.1, 0.15) is 36.5 Å². The van der Waals surface area contributed by atoms with E-state index in [4.69, 9.17) is 9.47 Å². The van der Waals surface area contributed by atoms with Crippen LogP contribution in [0.4, 0.5) is 13.2 Å². The van der Waals surface area contributed by atoms with E-state index in [0.29, 0.717) is 18.2 Å². The van der Waals surface area contributed by atoms with Crippen LogP contribution in [0.5, 0.6) is 11.5 Å². The number of halogens is 3. The van der Waals surface area contributed by atoms with Crippen LogP contribution in [-0.4, -0.2) is 57.1 Å². The number of unbranched alkanes of at least 4 members (excludes halogenated alkanes) is 1. The molecule has 2 unspecified atom stereocenters. The molecule has 8 nitrogen and oxygen atoms in total. The lowest BCUT2D eigenvalue weighted by atomic mass is 10.0. The number of ether oxygens (including phenoxy) is 2. The average molecular weight is 524 g/mol. The molecule has 2 aromatic rings. The molecule has 3 rings (SSSR count). The van der Waals surface area contributed by atoms with Gasteiger partial charge < -0.3 is 24.2 Å². The maximum absolute atomic E-state index is 13.2. The second-order valence-electron chi connectivity index (χ2n) is 8.24. The van der Waals surface area contributed by atoms with E-state index in [-0.39, 0.29) is 29.5 Å². The SMILES string of the molecule is CCCCOc1cc(C#N)ccc1O[C@H]1CN([S+]([O-])c2ccc(C(F)(F)F)cc2C#N)CC1(O)CO. The predicted octanol–water partition coefficient (Wildman–Crippen LogP) is 3.14. The number of rotatable bonds is 9. The molecule has 0 spiro atoms. The molecule has 0 bridgehead atoms. The van der Waals surface area contributed by atoms with Gasteiger partial charge in [0.2, 0.25) is 0 Å². The van der Waals surface area contributed by atoms with Crippen LogP contribution < -0.4 is 9.47 Å². The standard InChI is InChI=1S/C24H24F3N3O5S/c1-2-3-8-34-20-9-16(11-28)4-6-19(20)35-22-13-30(14-23(22,32)15-31)36(33)21-7-5-18(24(25,26)27)10-17(21)12-29/h4-7,9-10,22,31-32H,2-3,8,13-15H2,1H3/t22-,23?,36?/m0/s1. The fourth-order valence-corrected chi connectivity index (χ4v) is 4.97. The highest BCUT2D eigenvalue weighted by molar-refractivity contribution is 7.89. The number of nitriles is 2. The number of hydrogen-bond acceptors (Lipinski definition) is 8. The summed E-state index contributed by atoms with van der Waals surface area (Å²) < 4.78 is 65.2. The summed E-state index contributed by atoms with van der Waals surface area (Å²) >= 11 is -2.13. The van der Waals surface area contributed by atoms with Crippen molar-refractivity contribution in [2.75, 3.05) is 26.3 Å². The lowest BCUT2D eigenvalue weighted by molar-refractivity contribution is -0.137. The van der Waals surface area contributed by atoms with Gasteiger partial charge in [-0.1, -0.05) is 13.3 Å². The van der Waals surface area contributed by atoms with E-state index in [1.54, 1.807) is 6.07 Å². The van der Waals surface area contributed by atoms with Crippen molar-refractivity contribution in [1.82, 2.24) is 4.31 Å². The van der Waals surface area contributed by atoms with Gasteiger partial charge >= 0.3 is 6.18 Å². The topological polar surface area (TPSA) is 133 Å². The summed E-state index contributed by atoms with van der Waals surface area (Å²) in [5.74, 6) is 0.457. The monoisotopic (exact) mass is 523 g/mol. The van der Waals surface area contributed by atoms with E-state index in [1.807, 2.05) is 13.0 Å². The van der Waals surface area contributed by atoms with Gasteiger partial charge in [-0.3, -0.25) is 0 Å². The van der Waals surface area contributed by atoms with Gasteiger partial charge in [-0.25, -0.2) is 0 Å². The molecule has 36 heavy (non-hydrogen) atoms. The van der Waals surface area contributed by atoms with Crippen LogP contribution in [0.25, 0.3) is 0 Å². The van der Waals surface area contributed by atoms with Crippen LogP contribution in [0.3, 0.4) is 0 Å². The van der Waals surface area contributed by atoms with Crippen molar-refractivity contribution >= 4 is 11.4 Å². The lowest BCUT2D eigenvalue weighted by Gasteiger charge is -2.27. The molecule has 1 fully saturated rings. The van der Waals surface area contributed by atoms with Crippen LogP contribution in [0.15, 0.2) is 41.3 Å². The number of benzene rings is 2. The van der Waals surface area contributed by atoms with Gasteiger partial charge in [0.1, 0.15) is 23.3 Å². The number of aliphatic hydroxyl groups excluding tert-OH is 1. The zero-order valence-electron chi connectivity index (χ0n) is 19.3. The smallest absolute Gasteiger partial charge is 0.416 e. The third-order valence-electron chi connectivity index (χ3n) is 5.64. The Labute approximate surface area is 209 Å². The van der Waals surface area contributed by atoms with E-state index in [1.165, 1.54) is 22.5 Å². The van der Waals surface area contributed by atoms with Crippen molar-refractivity contribution in [3.63, 3.8) is 0 Å². The summed E-state index contributed by atoms with van der Waals surface area (Å²) in [6.07, 6.45) is -4.15. The molecular formula is C24H24F3N3O5S. The van der Waals surface area contributed by atoms with E-state index < -0.39 is 47.0 Å². The first-order chi connectivity index (χ1) is 17.1. The summed E-state index contributed by atoms with van der Waals surface area (Å²) in [5.41, 5.74) is -3.01. The molecular weight excluding hydrogens is 499 g/mol. The van der Waals surface area contributed by atoms with Crippen LogP contribution in [-0.2, 0) is 17.5 Å². The van der Waals surface area contributed by atoms with Crippen molar-refractivity contribution in [2.45, 2.75) is 42.5 Å². The first kappa shape index (κ1) is 27.6. The van der Waals surface area contributed by atoms with Gasteiger partial charge in [-0.2, -0.15) is 23.7 Å². The molecule has 192 valence electrons. The quantitative estimate of drug-likeness (QED) is 0.378. The Hall–Kier alpha value is -3.00. The summed E-state index contributed by atoms with van der Waals surface area (Å²) in [6.45, 7) is 1.07. The van der Waals surface area contributed by atoms with E-state index >= 15 is 0 Å². The van der Waals surface area contributed by atoms with Gasteiger partial charge in [-0.15, -0.1) is 4.31 Å². The highest BCUT2D eigenvalue weighted by Crippen LogP contribution is 2.37. The van der Waals surface area contributed by atoms with Gasteiger partial charge in [0.15, 0.2) is 16.4 Å². The van der Waals surface area contributed by atoms with Crippen LogP contribution >= 0.6 is 0 Å².